The van der Waals surface area contributed by atoms with Gasteiger partial charge in [0.25, 0.3) is 0 Å². The van der Waals surface area contributed by atoms with E-state index in [0.29, 0.717) is 32.2 Å². The predicted molar refractivity (Wildman–Crippen MR) is 172 cm³/mol. The van der Waals surface area contributed by atoms with Gasteiger partial charge in [0.15, 0.2) is 0 Å². The number of carbonyl (C=O) groups is 5. The van der Waals surface area contributed by atoms with Gasteiger partial charge < -0.3 is 25.6 Å². The molecule has 234 valence electrons. The van der Waals surface area contributed by atoms with Crippen LogP contribution in [0.5, 0.6) is 0 Å². The Morgan fingerprint density at radius 1 is 0.977 bits per heavy atom. The molecule has 0 aliphatic carbocycles. The van der Waals surface area contributed by atoms with Gasteiger partial charge in [0.1, 0.15) is 6.29 Å². The van der Waals surface area contributed by atoms with E-state index in [0.717, 1.165) is 24.7 Å². The Balaban J connectivity index is 0.000000242. The minimum atomic E-state index is -0.570. The van der Waals surface area contributed by atoms with Crippen LogP contribution >= 0.6 is 0 Å². The van der Waals surface area contributed by atoms with Gasteiger partial charge in [-0.15, -0.1) is 0 Å². The van der Waals surface area contributed by atoms with Crippen molar-refractivity contribution in [3.63, 3.8) is 0 Å². The number of hydrogen-bond donors (Lipinski definition) is 3. The molecule has 1 fully saturated rings. The molecule has 9 heteroatoms. The van der Waals surface area contributed by atoms with Crippen LogP contribution in [0, 0.1) is 5.92 Å². The smallest absolute Gasteiger partial charge is 0.242 e. The molecule has 3 aromatic carbocycles. The van der Waals surface area contributed by atoms with Crippen molar-refractivity contribution in [2.45, 2.75) is 71.0 Å². The van der Waals surface area contributed by atoms with Gasteiger partial charge in [0.05, 0.1) is 19.0 Å². The van der Waals surface area contributed by atoms with Crippen molar-refractivity contribution in [2.24, 2.45) is 5.92 Å². The summed E-state index contributed by atoms with van der Waals surface area (Å²) in [6.07, 6.45) is 4.26. The zero-order chi connectivity index (χ0) is 31.9. The summed E-state index contributed by atoms with van der Waals surface area (Å²) in [6.45, 7) is 6.24. The van der Waals surface area contributed by atoms with E-state index in [1.54, 1.807) is 0 Å². The van der Waals surface area contributed by atoms with E-state index in [4.69, 9.17) is 0 Å². The van der Waals surface area contributed by atoms with Crippen molar-refractivity contribution in [1.29, 1.82) is 0 Å². The molecule has 1 saturated heterocycles. The van der Waals surface area contributed by atoms with Crippen LogP contribution in [-0.4, -0.2) is 66.5 Å². The maximum atomic E-state index is 12.2. The van der Waals surface area contributed by atoms with Crippen LogP contribution < -0.4 is 16.0 Å². The lowest BCUT2D eigenvalue weighted by Crippen LogP contribution is -2.49. The first-order valence-electron chi connectivity index (χ1n) is 15.2. The molecule has 0 spiro atoms. The van der Waals surface area contributed by atoms with Crippen LogP contribution in [0.1, 0.15) is 51.2 Å². The summed E-state index contributed by atoms with van der Waals surface area (Å²) in [5, 5.41) is 10.7. The standard InChI is InChI=1S/C21H21NO.C14H23N3O4/c1-16(22-21(23)15-17-8-3-2-4-9-17)14-19-12-7-11-18-10-5-6-13-20(18)19;1-10(2)17(13(20)7-15-9-19)12(8-18)4-3-11-5-6-16-14(11)21/h2-13,16H,14-15H2,1H3,(H,22,23);8-12H,3-7H2,1-2H3,(H,15,19)(H,16,21). The highest BCUT2D eigenvalue weighted by Gasteiger charge is 2.29. The SMILES string of the molecule is CC(C)N(C(=O)CNC=O)C(C=O)CCC1CCNC1=O.CC(Cc1cccc2ccccc12)NC(=O)Cc1ccccc1. The van der Waals surface area contributed by atoms with Gasteiger partial charge in [0, 0.05) is 24.5 Å². The van der Waals surface area contributed by atoms with Gasteiger partial charge in [-0.2, -0.15) is 0 Å². The molecule has 1 heterocycles. The third-order valence-electron chi connectivity index (χ3n) is 7.69. The highest BCUT2D eigenvalue weighted by molar-refractivity contribution is 5.86. The minimum absolute atomic E-state index is 0.0182. The minimum Gasteiger partial charge on any atom is -0.356 e. The average Bonchev–Trinajstić information content (AvgIpc) is 3.43. The zero-order valence-corrected chi connectivity index (χ0v) is 25.8. The largest absolute Gasteiger partial charge is 0.356 e. The molecule has 4 rings (SSSR count). The monoisotopic (exact) mass is 600 g/mol. The number of aldehydes is 1. The van der Waals surface area contributed by atoms with Crippen molar-refractivity contribution >= 4 is 41.2 Å². The summed E-state index contributed by atoms with van der Waals surface area (Å²) in [5.74, 6) is -0.289. The Labute approximate surface area is 259 Å². The van der Waals surface area contributed by atoms with Gasteiger partial charge in [-0.25, -0.2) is 0 Å². The molecule has 0 bridgehead atoms. The molecule has 1 aliphatic rings. The Kier molecular flexibility index (Phi) is 13.6. The van der Waals surface area contributed by atoms with Crippen LogP contribution in [0.4, 0.5) is 0 Å². The lowest BCUT2D eigenvalue weighted by Gasteiger charge is -2.32. The van der Waals surface area contributed by atoms with Crippen LogP contribution in [0.25, 0.3) is 10.8 Å². The third kappa shape index (κ3) is 10.3. The fraction of sp³-hybridized carbons (Fsp3) is 0.400. The molecule has 3 atom stereocenters. The number of rotatable bonds is 14. The molecular weight excluding hydrogens is 556 g/mol. The van der Waals surface area contributed by atoms with E-state index in [1.807, 2.05) is 44.2 Å². The number of nitrogens with zero attached hydrogens (tertiary/aromatic N) is 1. The van der Waals surface area contributed by atoms with E-state index in [-0.39, 0.29) is 42.3 Å². The quantitative estimate of drug-likeness (QED) is 0.244. The Hall–Kier alpha value is -4.53. The van der Waals surface area contributed by atoms with Crippen molar-refractivity contribution in [1.82, 2.24) is 20.9 Å². The highest BCUT2D eigenvalue weighted by atomic mass is 16.2. The number of benzene rings is 3. The predicted octanol–water partition coefficient (Wildman–Crippen LogP) is 3.58. The van der Waals surface area contributed by atoms with E-state index in [2.05, 4.69) is 65.3 Å². The van der Waals surface area contributed by atoms with Gasteiger partial charge >= 0.3 is 0 Å². The van der Waals surface area contributed by atoms with Gasteiger partial charge in [-0.3, -0.25) is 19.2 Å². The molecule has 0 aromatic heterocycles. The van der Waals surface area contributed by atoms with Crippen LogP contribution in [0.3, 0.4) is 0 Å². The summed E-state index contributed by atoms with van der Waals surface area (Å²) in [7, 11) is 0. The molecule has 0 radical (unpaired) electrons. The average molecular weight is 601 g/mol. The van der Waals surface area contributed by atoms with Crippen LogP contribution in [0.15, 0.2) is 72.8 Å². The summed E-state index contributed by atoms with van der Waals surface area (Å²) in [5.41, 5.74) is 2.32. The second-order valence-electron chi connectivity index (χ2n) is 11.4. The Morgan fingerprint density at radius 3 is 2.34 bits per heavy atom. The molecule has 9 nitrogen and oxygen atoms in total. The maximum Gasteiger partial charge on any atom is 0.242 e. The Morgan fingerprint density at radius 2 is 1.68 bits per heavy atom. The van der Waals surface area contributed by atoms with Crippen molar-refractivity contribution in [2.75, 3.05) is 13.1 Å². The highest BCUT2D eigenvalue weighted by Crippen LogP contribution is 2.21. The number of hydrogen-bond acceptors (Lipinski definition) is 5. The Bertz CT molecular complexity index is 1390. The number of amides is 4. The molecule has 0 saturated carbocycles. The second-order valence-corrected chi connectivity index (χ2v) is 11.4. The van der Waals surface area contributed by atoms with Gasteiger partial charge in [0.2, 0.25) is 24.1 Å². The van der Waals surface area contributed by atoms with E-state index in [1.165, 1.54) is 21.2 Å². The number of carbonyl (C=O) groups excluding carboxylic acids is 5. The second kappa shape index (κ2) is 17.6. The van der Waals surface area contributed by atoms with Crippen LogP contribution in [-0.2, 0) is 36.8 Å². The van der Waals surface area contributed by atoms with E-state index >= 15 is 0 Å². The lowest BCUT2D eigenvalue weighted by molar-refractivity contribution is -0.138. The molecule has 44 heavy (non-hydrogen) atoms. The summed E-state index contributed by atoms with van der Waals surface area (Å²) in [6, 6.07) is 24.0. The molecule has 4 amide bonds. The zero-order valence-electron chi connectivity index (χ0n) is 25.8. The third-order valence-corrected chi connectivity index (χ3v) is 7.69. The topological polar surface area (TPSA) is 125 Å². The number of fused-ring (bicyclic) bond motifs is 1. The molecule has 3 aromatic rings. The van der Waals surface area contributed by atoms with E-state index < -0.39 is 6.04 Å². The molecular formula is C35H44N4O5. The first-order chi connectivity index (χ1) is 21.2. The molecule has 3 unspecified atom stereocenters. The van der Waals surface area contributed by atoms with Crippen molar-refractivity contribution in [3.8, 4) is 0 Å². The maximum absolute atomic E-state index is 12.2. The van der Waals surface area contributed by atoms with E-state index in [9.17, 15) is 24.0 Å². The van der Waals surface area contributed by atoms with Gasteiger partial charge in [-0.1, -0.05) is 72.8 Å². The first kappa shape index (κ1) is 34.0. The normalized spacial score (nSPS) is 15.4. The summed E-state index contributed by atoms with van der Waals surface area (Å²) in [4.78, 5) is 58.8. The fourth-order valence-electron chi connectivity index (χ4n) is 5.60. The van der Waals surface area contributed by atoms with Crippen LogP contribution in [0.2, 0.25) is 0 Å². The van der Waals surface area contributed by atoms with Crippen molar-refractivity contribution in [3.05, 3.63) is 83.9 Å². The lowest BCUT2D eigenvalue weighted by atomic mass is 9.97. The van der Waals surface area contributed by atoms with Gasteiger partial charge in [-0.05, 0) is 68.4 Å². The van der Waals surface area contributed by atoms with Crippen molar-refractivity contribution < 1.29 is 24.0 Å². The fourth-order valence-corrected chi connectivity index (χ4v) is 5.60. The summed E-state index contributed by atoms with van der Waals surface area (Å²) < 4.78 is 0. The summed E-state index contributed by atoms with van der Waals surface area (Å²) >= 11 is 0. The number of nitrogens with one attached hydrogen (secondary N) is 3. The molecule has 1 aliphatic heterocycles. The molecule has 3 N–H and O–H groups in total. The first-order valence-corrected chi connectivity index (χ1v) is 15.2.